The molecule has 2 aromatic carbocycles. The van der Waals surface area contributed by atoms with Crippen LogP contribution in [0.4, 0.5) is 9.59 Å². The molecule has 8 rings (SSSR count). The molecule has 4 N–H and O–H groups in total. The van der Waals surface area contributed by atoms with E-state index >= 15 is 0 Å². The van der Waals surface area contributed by atoms with Crippen LogP contribution in [-0.2, 0) is 12.8 Å². The molecule has 58 heavy (non-hydrogen) atoms. The zero-order valence-corrected chi connectivity index (χ0v) is 35.2. The van der Waals surface area contributed by atoms with Crippen LogP contribution in [0.1, 0.15) is 63.1 Å². The number of amides is 4. The Morgan fingerprint density at radius 2 is 1.16 bits per heavy atom. The molecule has 10 nitrogen and oxygen atoms in total. The summed E-state index contributed by atoms with van der Waals surface area (Å²) in [7, 11) is -1.34. The van der Waals surface area contributed by atoms with Gasteiger partial charge < -0.3 is 30.5 Å². The van der Waals surface area contributed by atoms with Gasteiger partial charge in [0.25, 0.3) is 0 Å². The Morgan fingerprint density at radius 1 is 0.672 bits per heavy atom. The van der Waals surface area contributed by atoms with Crippen LogP contribution in [0.2, 0.25) is 0 Å². The molecule has 4 aliphatic rings. The van der Waals surface area contributed by atoms with Gasteiger partial charge in [-0.15, -0.1) is 0 Å². The predicted octanol–water partition coefficient (Wildman–Crippen LogP) is 7.34. The van der Waals surface area contributed by atoms with Gasteiger partial charge in [0.1, 0.15) is 0 Å². The fourth-order valence-corrected chi connectivity index (χ4v) is 7.60. The van der Waals surface area contributed by atoms with Crippen LogP contribution in [0.15, 0.2) is 125 Å². The maximum absolute atomic E-state index is 12.2. The summed E-state index contributed by atoms with van der Waals surface area (Å²) in [5.41, 5.74) is 12.8. The van der Waals surface area contributed by atoms with Crippen molar-refractivity contribution in [1.82, 2.24) is 30.4 Å². The number of pyridine rings is 2. The van der Waals surface area contributed by atoms with E-state index in [1.807, 2.05) is 62.0 Å². The molecular formula is C46H52BBrN6O4. The Bertz CT molecular complexity index is 2200. The van der Waals surface area contributed by atoms with Crippen molar-refractivity contribution in [2.45, 2.75) is 65.5 Å². The summed E-state index contributed by atoms with van der Waals surface area (Å²) >= 11 is 3.50. The standard InChI is InChI=1S/C23H25N3O.C17H20BrN3O.C6H7BO2/c1-16(2)25-23(27)26-12-10-18(11-13-26)20-8-9-22-21(20)14-19(15-24-22)17-6-4-3-5-7-17;1-11(2)20-17(22)21-7-5-12(6-8-21)14-3-4-16-15(14)9-13(18)10-19-16;8-7(9)6-4-2-1-3-5-6/h3-8,10,14-16H,9,11-13H2,1-2H3,(H,25,27);3,5,9-11H,4,6-8H2,1-2H3,(H,20,22);1-5,8-9H. The monoisotopic (exact) mass is 842 g/mol. The number of hydrogen-bond acceptors (Lipinski definition) is 6. The first-order valence-electron chi connectivity index (χ1n) is 20.0. The molecule has 2 aliphatic carbocycles. The van der Waals surface area contributed by atoms with Crippen LogP contribution in [0.3, 0.4) is 0 Å². The summed E-state index contributed by atoms with van der Waals surface area (Å²) in [5.74, 6) is 0. The molecule has 0 spiro atoms. The van der Waals surface area contributed by atoms with E-state index in [0.29, 0.717) is 18.6 Å². The van der Waals surface area contributed by atoms with Crippen LogP contribution in [-0.4, -0.2) is 87.3 Å². The number of nitrogens with zero attached hydrogens (tertiary/aromatic N) is 4. The Balaban J connectivity index is 0.000000164. The first-order chi connectivity index (χ1) is 28.0. The summed E-state index contributed by atoms with van der Waals surface area (Å²) in [4.78, 5) is 37.1. The van der Waals surface area contributed by atoms with E-state index in [4.69, 9.17) is 15.0 Å². The number of fused-ring (bicyclic) bond motifs is 2. The van der Waals surface area contributed by atoms with E-state index in [0.717, 1.165) is 60.2 Å². The Labute approximate surface area is 350 Å². The lowest BCUT2D eigenvalue weighted by Gasteiger charge is -2.28. The number of rotatable bonds is 6. The molecule has 2 aliphatic heterocycles. The minimum Gasteiger partial charge on any atom is -0.423 e. The molecule has 4 heterocycles. The van der Waals surface area contributed by atoms with Gasteiger partial charge in [-0.25, -0.2) is 9.59 Å². The zero-order chi connectivity index (χ0) is 41.2. The number of benzene rings is 2. The number of carbonyl (C=O) groups is 2. The molecule has 300 valence electrons. The second kappa shape index (κ2) is 19.9. The summed E-state index contributed by atoms with van der Waals surface area (Å²) in [6.07, 6.45) is 16.3. The molecule has 12 heteroatoms. The molecule has 0 atom stereocenters. The average Bonchev–Trinajstić information content (AvgIpc) is 3.85. The third-order valence-corrected chi connectivity index (χ3v) is 10.6. The molecule has 4 aromatic rings. The first kappa shape index (κ1) is 42.3. The quantitative estimate of drug-likeness (QED) is 0.151. The topological polar surface area (TPSA) is 131 Å². The van der Waals surface area contributed by atoms with E-state index in [1.54, 1.807) is 24.3 Å². The number of allylic oxidation sites excluding steroid dienone is 4. The van der Waals surface area contributed by atoms with E-state index in [1.165, 1.54) is 39.0 Å². The Morgan fingerprint density at radius 3 is 1.60 bits per heavy atom. The van der Waals surface area contributed by atoms with Crippen LogP contribution in [0.25, 0.3) is 22.3 Å². The van der Waals surface area contributed by atoms with Gasteiger partial charge in [0, 0.05) is 84.7 Å². The van der Waals surface area contributed by atoms with Gasteiger partial charge in [-0.1, -0.05) is 85.0 Å². The highest BCUT2D eigenvalue weighted by Crippen LogP contribution is 2.37. The lowest BCUT2D eigenvalue weighted by atomic mass is 9.81. The van der Waals surface area contributed by atoms with Crippen molar-refractivity contribution in [3.8, 4) is 11.1 Å². The molecule has 0 fully saturated rings. The zero-order valence-electron chi connectivity index (χ0n) is 33.7. The van der Waals surface area contributed by atoms with Crippen LogP contribution in [0, 0.1) is 0 Å². The van der Waals surface area contributed by atoms with Gasteiger partial charge in [0.2, 0.25) is 0 Å². The molecule has 0 saturated carbocycles. The first-order valence-corrected chi connectivity index (χ1v) is 20.8. The number of nitrogens with one attached hydrogen (secondary N) is 2. The number of carbonyl (C=O) groups excluding carboxylic acids is 2. The number of aromatic nitrogens is 2. The summed E-state index contributed by atoms with van der Waals surface area (Å²) < 4.78 is 1.01. The number of halogens is 1. The number of urea groups is 2. The molecule has 0 saturated heterocycles. The highest BCUT2D eigenvalue weighted by Gasteiger charge is 2.25. The van der Waals surface area contributed by atoms with E-state index in [-0.39, 0.29) is 24.1 Å². The summed E-state index contributed by atoms with van der Waals surface area (Å²) in [5, 5.41) is 23.1. The van der Waals surface area contributed by atoms with Crippen molar-refractivity contribution in [3.63, 3.8) is 0 Å². The highest BCUT2D eigenvalue weighted by atomic mass is 79.9. The predicted molar refractivity (Wildman–Crippen MR) is 237 cm³/mol. The third-order valence-electron chi connectivity index (χ3n) is 10.2. The molecule has 0 unspecified atom stereocenters. The lowest BCUT2D eigenvalue weighted by molar-refractivity contribution is 0.198. The molecule has 4 amide bonds. The second-order valence-electron chi connectivity index (χ2n) is 15.2. The third kappa shape index (κ3) is 11.0. The molecule has 0 bridgehead atoms. The van der Waals surface area contributed by atoms with Crippen molar-refractivity contribution >= 4 is 51.7 Å². The van der Waals surface area contributed by atoms with Gasteiger partial charge in [0.15, 0.2) is 0 Å². The van der Waals surface area contributed by atoms with Crippen LogP contribution in [0.5, 0.6) is 0 Å². The van der Waals surface area contributed by atoms with Crippen LogP contribution >= 0.6 is 15.9 Å². The Hall–Kier alpha value is -5.30. The van der Waals surface area contributed by atoms with Crippen molar-refractivity contribution in [2.24, 2.45) is 0 Å². The SMILES string of the molecule is CC(C)NC(=O)N1CC=C(C2=CCc3ncc(-c4ccccc4)cc32)CC1.CC(C)NC(=O)N1CC=C(C2=CCc3ncc(Br)cc32)CC1.OB(O)c1ccccc1. The van der Waals surface area contributed by atoms with Crippen molar-refractivity contribution in [2.75, 3.05) is 26.2 Å². The van der Waals surface area contributed by atoms with Gasteiger partial charge in [-0.3, -0.25) is 9.97 Å². The summed E-state index contributed by atoms with van der Waals surface area (Å²) in [6.45, 7) is 10.8. The minimum absolute atomic E-state index is 0.0223. The van der Waals surface area contributed by atoms with E-state index in [2.05, 4.69) is 92.2 Å². The fraction of sp³-hybridized carbons (Fsp3) is 0.304. The van der Waals surface area contributed by atoms with Crippen LogP contribution < -0.4 is 16.1 Å². The maximum Gasteiger partial charge on any atom is 0.488 e. The lowest BCUT2D eigenvalue weighted by Crippen LogP contribution is -2.44. The van der Waals surface area contributed by atoms with Crippen molar-refractivity contribution in [1.29, 1.82) is 0 Å². The Kier molecular flexibility index (Phi) is 14.5. The molecule has 2 aromatic heterocycles. The smallest absolute Gasteiger partial charge is 0.423 e. The van der Waals surface area contributed by atoms with Gasteiger partial charge in [-0.05, 0) is 102 Å². The highest BCUT2D eigenvalue weighted by molar-refractivity contribution is 9.10. The molecule has 0 radical (unpaired) electrons. The average molecular weight is 844 g/mol. The number of hydrogen-bond donors (Lipinski definition) is 4. The second-order valence-corrected chi connectivity index (χ2v) is 16.1. The van der Waals surface area contributed by atoms with Gasteiger partial charge in [-0.2, -0.15) is 0 Å². The largest absolute Gasteiger partial charge is 0.488 e. The maximum atomic E-state index is 12.2. The normalized spacial score (nSPS) is 15.4. The van der Waals surface area contributed by atoms with E-state index < -0.39 is 7.12 Å². The summed E-state index contributed by atoms with van der Waals surface area (Å²) in [6, 6.07) is 23.8. The molecular weight excluding hydrogens is 791 g/mol. The minimum atomic E-state index is -1.34. The van der Waals surface area contributed by atoms with Gasteiger partial charge in [0.05, 0.1) is 11.4 Å². The van der Waals surface area contributed by atoms with E-state index in [9.17, 15) is 9.59 Å². The van der Waals surface area contributed by atoms with Crippen molar-refractivity contribution in [3.05, 3.63) is 148 Å². The fourth-order valence-electron chi connectivity index (χ4n) is 7.26. The van der Waals surface area contributed by atoms with Gasteiger partial charge >= 0.3 is 19.2 Å². The van der Waals surface area contributed by atoms with Crippen molar-refractivity contribution < 1.29 is 19.6 Å².